The molecule has 2 aromatic rings. The van der Waals surface area contributed by atoms with Gasteiger partial charge in [0.25, 0.3) is 0 Å². The highest BCUT2D eigenvalue weighted by atomic mass is 79.9. The smallest absolute Gasteiger partial charge is 0.0958 e. The van der Waals surface area contributed by atoms with Gasteiger partial charge in [0, 0.05) is 8.95 Å². The van der Waals surface area contributed by atoms with Crippen molar-refractivity contribution in [3.63, 3.8) is 0 Å². The fourth-order valence-corrected chi connectivity index (χ4v) is 3.56. The average molecular weight is 307 g/mol. The second-order valence-electron chi connectivity index (χ2n) is 2.47. The summed E-state index contributed by atoms with van der Waals surface area (Å²) < 4.78 is 3.36. The van der Waals surface area contributed by atoms with Crippen LogP contribution in [0.2, 0.25) is 0 Å². The number of rotatable bonds is 0. The van der Waals surface area contributed by atoms with Crippen LogP contribution in [0.15, 0.2) is 21.1 Å². The summed E-state index contributed by atoms with van der Waals surface area (Å²) in [6.45, 7) is 2.02. The quantitative estimate of drug-likeness (QED) is 0.713. The van der Waals surface area contributed by atoms with E-state index in [4.69, 9.17) is 0 Å². The Kier molecular flexibility index (Phi) is 2.23. The largest absolute Gasteiger partial charge is 0.240 e. The SMILES string of the molecule is Cc1nc2c(Br)cc(Br)cc2s1. The Hall–Kier alpha value is 0.0700. The van der Waals surface area contributed by atoms with Gasteiger partial charge < -0.3 is 0 Å². The number of halogens is 2. The number of hydrogen-bond acceptors (Lipinski definition) is 2. The first-order valence-electron chi connectivity index (χ1n) is 3.39. The maximum absolute atomic E-state index is 4.40. The van der Waals surface area contributed by atoms with Gasteiger partial charge in [-0.25, -0.2) is 4.98 Å². The zero-order valence-electron chi connectivity index (χ0n) is 6.27. The van der Waals surface area contributed by atoms with Crippen LogP contribution in [0.3, 0.4) is 0 Å². The van der Waals surface area contributed by atoms with E-state index in [0.29, 0.717) is 0 Å². The van der Waals surface area contributed by atoms with Crippen LogP contribution in [0.4, 0.5) is 0 Å². The number of aromatic nitrogens is 1. The van der Waals surface area contributed by atoms with Crippen molar-refractivity contribution in [3.8, 4) is 0 Å². The lowest BCUT2D eigenvalue weighted by Crippen LogP contribution is -1.72. The third-order valence-corrected chi connectivity index (χ3v) is 3.50. The maximum Gasteiger partial charge on any atom is 0.0958 e. The molecule has 1 aromatic carbocycles. The standard InChI is InChI=1S/C8H5Br2NS/c1-4-11-8-6(10)2-5(9)3-7(8)12-4/h2-3H,1H3. The third-order valence-electron chi connectivity index (χ3n) is 1.52. The average Bonchev–Trinajstić information content (AvgIpc) is 2.29. The fraction of sp³-hybridized carbons (Fsp3) is 0.125. The molecule has 0 spiro atoms. The van der Waals surface area contributed by atoms with E-state index in [0.717, 1.165) is 19.5 Å². The van der Waals surface area contributed by atoms with Crippen LogP contribution in [0.5, 0.6) is 0 Å². The van der Waals surface area contributed by atoms with Gasteiger partial charge in [0.2, 0.25) is 0 Å². The van der Waals surface area contributed by atoms with Crippen LogP contribution < -0.4 is 0 Å². The molecule has 4 heteroatoms. The van der Waals surface area contributed by atoms with E-state index in [-0.39, 0.29) is 0 Å². The number of aryl methyl sites for hydroxylation is 1. The predicted molar refractivity (Wildman–Crippen MR) is 59.8 cm³/mol. The van der Waals surface area contributed by atoms with Gasteiger partial charge in [-0.1, -0.05) is 15.9 Å². The summed E-state index contributed by atoms with van der Waals surface area (Å²) in [5, 5.41) is 1.10. The van der Waals surface area contributed by atoms with Crippen molar-refractivity contribution in [1.29, 1.82) is 0 Å². The molecule has 1 nitrogen and oxygen atoms in total. The number of thiazole rings is 1. The molecule has 0 radical (unpaired) electrons. The molecule has 0 aliphatic carbocycles. The van der Waals surface area contributed by atoms with E-state index < -0.39 is 0 Å². The summed E-state index contributed by atoms with van der Waals surface area (Å²) in [6, 6.07) is 4.10. The Labute approximate surface area is 91.1 Å². The van der Waals surface area contributed by atoms with Crippen LogP contribution in [0, 0.1) is 6.92 Å². The van der Waals surface area contributed by atoms with Crippen LogP contribution in [-0.2, 0) is 0 Å². The lowest BCUT2D eigenvalue weighted by Gasteiger charge is -1.93. The van der Waals surface area contributed by atoms with Crippen LogP contribution in [0.25, 0.3) is 10.2 Å². The molecule has 0 saturated carbocycles. The molecule has 2 rings (SSSR count). The summed E-state index contributed by atoms with van der Waals surface area (Å²) in [5.41, 5.74) is 1.06. The molecule has 0 atom stereocenters. The van der Waals surface area contributed by atoms with Crippen molar-refractivity contribution in [2.75, 3.05) is 0 Å². The van der Waals surface area contributed by atoms with Crippen molar-refractivity contribution in [1.82, 2.24) is 4.98 Å². The molecule has 0 N–H and O–H groups in total. The molecule has 0 aliphatic heterocycles. The van der Waals surface area contributed by atoms with Crippen molar-refractivity contribution in [3.05, 3.63) is 26.1 Å². The summed E-state index contributed by atoms with van der Waals surface area (Å²) in [7, 11) is 0. The molecule has 0 unspecified atom stereocenters. The third kappa shape index (κ3) is 1.43. The van der Waals surface area contributed by atoms with Crippen LogP contribution in [0.1, 0.15) is 5.01 Å². The monoisotopic (exact) mass is 305 g/mol. The number of benzene rings is 1. The Morgan fingerprint density at radius 1 is 1.33 bits per heavy atom. The Bertz CT molecular complexity index is 436. The summed E-state index contributed by atoms with van der Waals surface area (Å²) in [6.07, 6.45) is 0. The zero-order valence-corrected chi connectivity index (χ0v) is 10.3. The minimum absolute atomic E-state index is 1.05. The Balaban J connectivity index is 2.88. The number of fused-ring (bicyclic) bond motifs is 1. The molecule has 0 bridgehead atoms. The molecule has 62 valence electrons. The van der Waals surface area contributed by atoms with Crippen molar-refractivity contribution >= 4 is 53.4 Å². The number of nitrogens with zero attached hydrogens (tertiary/aromatic N) is 1. The normalized spacial score (nSPS) is 10.9. The fourth-order valence-electron chi connectivity index (χ4n) is 1.07. The van der Waals surface area contributed by atoms with Gasteiger partial charge in [-0.3, -0.25) is 0 Å². The van der Waals surface area contributed by atoms with Crippen molar-refractivity contribution < 1.29 is 0 Å². The minimum Gasteiger partial charge on any atom is -0.240 e. The summed E-state index contributed by atoms with van der Waals surface area (Å²) in [5.74, 6) is 0. The first-order chi connectivity index (χ1) is 5.66. The van der Waals surface area contributed by atoms with Crippen molar-refractivity contribution in [2.24, 2.45) is 0 Å². The molecule has 12 heavy (non-hydrogen) atoms. The molecule has 0 fully saturated rings. The minimum atomic E-state index is 1.05. The van der Waals surface area contributed by atoms with Gasteiger partial charge in [-0.15, -0.1) is 11.3 Å². The molecule has 1 aromatic heterocycles. The van der Waals surface area contributed by atoms with Gasteiger partial charge in [0.05, 0.1) is 15.2 Å². The molecule has 0 aliphatic rings. The van der Waals surface area contributed by atoms with Crippen LogP contribution in [-0.4, -0.2) is 4.98 Å². The lowest BCUT2D eigenvalue weighted by atomic mass is 10.3. The predicted octanol–water partition coefficient (Wildman–Crippen LogP) is 4.13. The summed E-state index contributed by atoms with van der Waals surface area (Å²) in [4.78, 5) is 4.40. The Morgan fingerprint density at radius 2 is 2.08 bits per heavy atom. The van der Waals surface area contributed by atoms with E-state index >= 15 is 0 Å². The Morgan fingerprint density at radius 3 is 2.83 bits per heavy atom. The topological polar surface area (TPSA) is 12.9 Å². The van der Waals surface area contributed by atoms with Gasteiger partial charge in [0.15, 0.2) is 0 Å². The highest BCUT2D eigenvalue weighted by Crippen LogP contribution is 2.31. The second kappa shape index (κ2) is 3.09. The van der Waals surface area contributed by atoms with Gasteiger partial charge >= 0.3 is 0 Å². The molecule has 0 amide bonds. The zero-order chi connectivity index (χ0) is 8.72. The highest BCUT2D eigenvalue weighted by molar-refractivity contribution is 9.11. The van der Waals surface area contributed by atoms with E-state index in [1.165, 1.54) is 4.70 Å². The van der Waals surface area contributed by atoms with E-state index in [1.54, 1.807) is 11.3 Å². The van der Waals surface area contributed by atoms with E-state index in [9.17, 15) is 0 Å². The number of hydrogen-bond donors (Lipinski definition) is 0. The first kappa shape index (κ1) is 8.66. The van der Waals surface area contributed by atoms with Gasteiger partial charge in [0.1, 0.15) is 0 Å². The van der Waals surface area contributed by atoms with Gasteiger partial charge in [-0.2, -0.15) is 0 Å². The maximum atomic E-state index is 4.40. The lowest BCUT2D eigenvalue weighted by molar-refractivity contribution is 1.34. The summed E-state index contributed by atoms with van der Waals surface area (Å²) >= 11 is 8.63. The molecule has 0 saturated heterocycles. The molecular formula is C8H5Br2NS. The van der Waals surface area contributed by atoms with Gasteiger partial charge in [-0.05, 0) is 35.0 Å². The molecular weight excluding hydrogens is 302 g/mol. The first-order valence-corrected chi connectivity index (χ1v) is 5.79. The van der Waals surface area contributed by atoms with E-state index in [1.807, 2.05) is 13.0 Å². The van der Waals surface area contributed by atoms with Crippen LogP contribution >= 0.6 is 43.2 Å². The van der Waals surface area contributed by atoms with Crippen molar-refractivity contribution in [2.45, 2.75) is 6.92 Å². The molecule has 1 heterocycles. The highest BCUT2D eigenvalue weighted by Gasteiger charge is 2.04. The van der Waals surface area contributed by atoms with E-state index in [2.05, 4.69) is 42.9 Å². The second-order valence-corrected chi connectivity index (χ2v) is 5.47.